The zero-order chi connectivity index (χ0) is 14.1. The van der Waals surface area contributed by atoms with Gasteiger partial charge in [-0.3, -0.25) is 0 Å². The van der Waals surface area contributed by atoms with Crippen LogP contribution in [0.3, 0.4) is 0 Å². The number of nitrogens with zero attached hydrogens (tertiary/aromatic N) is 2. The highest BCUT2D eigenvalue weighted by Gasteiger charge is 2.34. The molecule has 0 amide bonds. The van der Waals surface area contributed by atoms with Crippen molar-refractivity contribution in [2.75, 3.05) is 26.0 Å². The summed E-state index contributed by atoms with van der Waals surface area (Å²) in [5.74, 6) is 0.568. The molecule has 0 bridgehead atoms. The van der Waals surface area contributed by atoms with Crippen molar-refractivity contribution < 1.29 is 13.5 Å². The van der Waals surface area contributed by atoms with Crippen LogP contribution in [0.1, 0.15) is 19.3 Å². The van der Waals surface area contributed by atoms with Crippen molar-refractivity contribution in [3.63, 3.8) is 0 Å². The molecule has 1 saturated carbocycles. The summed E-state index contributed by atoms with van der Waals surface area (Å²) in [6.45, 7) is 0.444. The predicted octanol–water partition coefficient (Wildman–Crippen LogP) is 0.659. The Morgan fingerprint density at radius 1 is 1.42 bits per heavy atom. The number of sulfonamides is 1. The Kier molecular flexibility index (Phi) is 3.80. The minimum absolute atomic E-state index is 0.158. The van der Waals surface area contributed by atoms with Crippen LogP contribution in [0.5, 0.6) is 0 Å². The molecule has 0 aliphatic heterocycles. The van der Waals surface area contributed by atoms with E-state index in [1.165, 1.54) is 26.4 Å². The first-order chi connectivity index (χ1) is 8.83. The van der Waals surface area contributed by atoms with Crippen molar-refractivity contribution in [1.82, 2.24) is 9.29 Å². The summed E-state index contributed by atoms with van der Waals surface area (Å²) < 4.78 is 24.8. The van der Waals surface area contributed by atoms with Gasteiger partial charge in [-0.05, 0) is 31.4 Å². The molecule has 1 heterocycles. The first kappa shape index (κ1) is 14.2. The number of pyridine rings is 1. The van der Waals surface area contributed by atoms with E-state index in [4.69, 9.17) is 0 Å². The van der Waals surface area contributed by atoms with E-state index in [1.807, 2.05) is 0 Å². The molecule has 0 saturated heterocycles. The fourth-order valence-electron chi connectivity index (χ4n) is 1.87. The number of hydrogen-bond donors (Lipinski definition) is 2. The summed E-state index contributed by atoms with van der Waals surface area (Å²) in [6, 6.07) is 3.12. The average molecular weight is 285 g/mol. The van der Waals surface area contributed by atoms with Gasteiger partial charge in [0, 0.05) is 26.8 Å². The molecule has 1 aromatic heterocycles. The van der Waals surface area contributed by atoms with Crippen LogP contribution in [0.4, 0.5) is 5.82 Å². The molecule has 2 N–H and O–H groups in total. The van der Waals surface area contributed by atoms with E-state index in [0.29, 0.717) is 12.4 Å². The molecule has 0 atom stereocenters. The fraction of sp³-hybridized carbons (Fsp3) is 0.583. The fourth-order valence-corrected chi connectivity index (χ4v) is 2.71. The number of hydrogen-bond acceptors (Lipinski definition) is 5. The van der Waals surface area contributed by atoms with Crippen molar-refractivity contribution in [2.24, 2.45) is 0 Å². The van der Waals surface area contributed by atoms with E-state index in [-0.39, 0.29) is 4.90 Å². The van der Waals surface area contributed by atoms with Crippen LogP contribution in [-0.2, 0) is 10.0 Å². The zero-order valence-electron chi connectivity index (χ0n) is 11.1. The molecule has 0 radical (unpaired) electrons. The highest BCUT2D eigenvalue weighted by Crippen LogP contribution is 2.31. The molecular weight excluding hydrogens is 266 g/mol. The molecule has 1 fully saturated rings. The zero-order valence-corrected chi connectivity index (χ0v) is 11.9. The average Bonchev–Trinajstić information content (AvgIpc) is 2.34. The molecular formula is C12H19N3O3S. The van der Waals surface area contributed by atoms with Crippen molar-refractivity contribution in [1.29, 1.82) is 0 Å². The second-order valence-electron chi connectivity index (χ2n) is 5.10. The lowest BCUT2D eigenvalue weighted by Gasteiger charge is -2.36. The quantitative estimate of drug-likeness (QED) is 0.830. The predicted molar refractivity (Wildman–Crippen MR) is 72.4 cm³/mol. The second kappa shape index (κ2) is 5.07. The summed E-state index contributed by atoms with van der Waals surface area (Å²) in [5, 5.41) is 13.0. The van der Waals surface area contributed by atoms with E-state index in [1.54, 1.807) is 6.07 Å². The molecule has 0 unspecified atom stereocenters. The summed E-state index contributed by atoms with van der Waals surface area (Å²) in [4.78, 5) is 4.22. The lowest BCUT2D eigenvalue weighted by molar-refractivity contribution is -0.0202. The van der Waals surface area contributed by atoms with Gasteiger partial charge in [-0.25, -0.2) is 17.7 Å². The Labute approximate surface area is 113 Å². The van der Waals surface area contributed by atoms with Gasteiger partial charge in [0.05, 0.1) is 5.60 Å². The highest BCUT2D eigenvalue weighted by atomic mass is 32.2. The van der Waals surface area contributed by atoms with Crippen LogP contribution in [0, 0.1) is 0 Å². The lowest BCUT2D eigenvalue weighted by atomic mass is 9.80. The highest BCUT2D eigenvalue weighted by molar-refractivity contribution is 7.89. The number of anilines is 1. The standard InChI is InChI=1S/C12H19N3O3S/c1-15(2)19(17,18)10-4-5-11(13-8-10)14-9-12(16)6-3-7-12/h4-5,8,16H,3,6-7,9H2,1-2H3,(H,13,14). The number of aliphatic hydroxyl groups is 1. The monoisotopic (exact) mass is 285 g/mol. The molecule has 0 aromatic carbocycles. The van der Waals surface area contributed by atoms with Crippen LogP contribution in [0.2, 0.25) is 0 Å². The first-order valence-electron chi connectivity index (χ1n) is 6.18. The van der Waals surface area contributed by atoms with Gasteiger partial charge in [0.15, 0.2) is 0 Å². The molecule has 2 rings (SSSR count). The van der Waals surface area contributed by atoms with Crippen LogP contribution in [-0.4, -0.2) is 49.1 Å². The van der Waals surface area contributed by atoms with Crippen molar-refractivity contribution in [2.45, 2.75) is 29.8 Å². The molecule has 0 spiro atoms. The van der Waals surface area contributed by atoms with Gasteiger partial charge in [-0.1, -0.05) is 0 Å². The van der Waals surface area contributed by atoms with Gasteiger partial charge in [-0.15, -0.1) is 0 Å². The first-order valence-corrected chi connectivity index (χ1v) is 7.62. The topological polar surface area (TPSA) is 82.5 Å². The molecule has 1 aliphatic carbocycles. The smallest absolute Gasteiger partial charge is 0.244 e. The van der Waals surface area contributed by atoms with Crippen molar-refractivity contribution in [3.8, 4) is 0 Å². The molecule has 6 nitrogen and oxygen atoms in total. The van der Waals surface area contributed by atoms with E-state index in [2.05, 4.69) is 10.3 Å². The largest absolute Gasteiger partial charge is 0.388 e. The Balaban J connectivity index is 2.02. The third-order valence-corrected chi connectivity index (χ3v) is 5.20. The minimum atomic E-state index is -3.44. The lowest BCUT2D eigenvalue weighted by Crippen LogP contribution is -2.43. The van der Waals surface area contributed by atoms with Gasteiger partial charge in [-0.2, -0.15) is 0 Å². The Morgan fingerprint density at radius 3 is 2.53 bits per heavy atom. The molecule has 106 valence electrons. The Morgan fingerprint density at radius 2 is 2.11 bits per heavy atom. The van der Waals surface area contributed by atoms with Gasteiger partial charge >= 0.3 is 0 Å². The molecule has 1 aliphatic rings. The maximum Gasteiger partial charge on any atom is 0.244 e. The normalized spacial score (nSPS) is 18.1. The Hall–Kier alpha value is -1.18. The third kappa shape index (κ3) is 3.05. The van der Waals surface area contributed by atoms with E-state index in [0.717, 1.165) is 23.6 Å². The summed E-state index contributed by atoms with van der Waals surface area (Å²) in [7, 11) is -0.477. The van der Waals surface area contributed by atoms with E-state index >= 15 is 0 Å². The number of nitrogens with one attached hydrogen (secondary N) is 1. The van der Waals surface area contributed by atoms with Gasteiger partial charge in [0.25, 0.3) is 0 Å². The van der Waals surface area contributed by atoms with Gasteiger partial charge < -0.3 is 10.4 Å². The molecule has 1 aromatic rings. The van der Waals surface area contributed by atoms with Gasteiger partial charge in [0.2, 0.25) is 10.0 Å². The summed E-state index contributed by atoms with van der Waals surface area (Å²) in [5.41, 5.74) is -0.629. The maximum absolute atomic E-state index is 11.8. The molecule has 19 heavy (non-hydrogen) atoms. The maximum atomic E-state index is 11.8. The van der Waals surface area contributed by atoms with Gasteiger partial charge in [0.1, 0.15) is 10.7 Å². The van der Waals surface area contributed by atoms with Crippen molar-refractivity contribution in [3.05, 3.63) is 18.3 Å². The van der Waals surface area contributed by atoms with Crippen LogP contribution < -0.4 is 5.32 Å². The Bertz CT molecular complexity index is 536. The van der Waals surface area contributed by atoms with Crippen LogP contribution in [0.25, 0.3) is 0 Å². The van der Waals surface area contributed by atoms with E-state index < -0.39 is 15.6 Å². The number of rotatable bonds is 5. The van der Waals surface area contributed by atoms with Crippen LogP contribution >= 0.6 is 0 Å². The van der Waals surface area contributed by atoms with Crippen molar-refractivity contribution >= 4 is 15.8 Å². The van der Waals surface area contributed by atoms with Crippen LogP contribution in [0.15, 0.2) is 23.2 Å². The molecule has 7 heteroatoms. The summed E-state index contributed by atoms with van der Waals surface area (Å²) >= 11 is 0. The van der Waals surface area contributed by atoms with E-state index in [9.17, 15) is 13.5 Å². The number of aromatic nitrogens is 1. The SMILES string of the molecule is CN(C)S(=O)(=O)c1ccc(NCC2(O)CCC2)nc1. The second-order valence-corrected chi connectivity index (χ2v) is 7.25. The third-order valence-electron chi connectivity index (χ3n) is 3.40. The minimum Gasteiger partial charge on any atom is -0.388 e. The summed E-state index contributed by atoms with van der Waals surface area (Å²) in [6.07, 6.45) is 3.97.